The molecule has 1 aliphatic heterocycles. The normalized spacial score (nSPS) is 14.6. The van der Waals surface area contributed by atoms with Crippen LogP contribution in [-0.2, 0) is 0 Å². The molecule has 2 aromatic rings. The van der Waals surface area contributed by atoms with Crippen LogP contribution in [0.2, 0.25) is 0 Å². The molecule has 3 rings (SSSR count). The van der Waals surface area contributed by atoms with Crippen molar-refractivity contribution < 1.29 is 4.79 Å². The molecule has 8 nitrogen and oxygen atoms in total. The van der Waals surface area contributed by atoms with E-state index in [2.05, 4.69) is 31.5 Å². The van der Waals surface area contributed by atoms with Crippen LogP contribution in [0.3, 0.4) is 0 Å². The average molecular weight is 312 g/mol. The minimum absolute atomic E-state index is 0.198. The first-order valence-corrected chi connectivity index (χ1v) is 7.28. The van der Waals surface area contributed by atoms with Crippen molar-refractivity contribution in [3.8, 4) is 12.3 Å². The molecular formula is C15H16N6O2. The first kappa shape index (κ1) is 15.0. The van der Waals surface area contributed by atoms with Crippen molar-refractivity contribution in [2.24, 2.45) is 10.2 Å². The molecule has 0 radical (unpaired) electrons. The van der Waals surface area contributed by atoms with Crippen LogP contribution in [0.1, 0.15) is 35.4 Å². The molecule has 0 aromatic carbocycles. The minimum Gasteiger partial charge on any atom is -0.350 e. The Morgan fingerprint density at radius 3 is 2.96 bits per heavy atom. The van der Waals surface area contributed by atoms with E-state index in [1.54, 1.807) is 13.1 Å². The van der Waals surface area contributed by atoms with Gasteiger partial charge >= 0.3 is 0 Å². The topological polar surface area (TPSA) is 104 Å². The highest BCUT2D eigenvalue weighted by Crippen LogP contribution is 2.35. The van der Waals surface area contributed by atoms with Crippen LogP contribution in [0.4, 0.5) is 0 Å². The fourth-order valence-electron chi connectivity index (χ4n) is 2.37. The van der Waals surface area contributed by atoms with Crippen molar-refractivity contribution in [3.63, 3.8) is 0 Å². The smallest absolute Gasteiger partial charge is 0.274 e. The van der Waals surface area contributed by atoms with Crippen LogP contribution < -0.4 is 10.9 Å². The molecule has 0 saturated carbocycles. The second-order valence-electron chi connectivity index (χ2n) is 5.52. The van der Waals surface area contributed by atoms with Gasteiger partial charge in [0.15, 0.2) is 11.4 Å². The van der Waals surface area contributed by atoms with E-state index in [9.17, 15) is 9.59 Å². The van der Waals surface area contributed by atoms with Gasteiger partial charge in [0.1, 0.15) is 5.52 Å². The Kier molecular flexibility index (Phi) is 3.70. The summed E-state index contributed by atoms with van der Waals surface area (Å²) in [6, 6.07) is 1.47. The van der Waals surface area contributed by atoms with Crippen LogP contribution in [-0.4, -0.2) is 32.7 Å². The van der Waals surface area contributed by atoms with Gasteiger partial charge in [-0.05, 0) is 6.92 Å². The Labute approximate surface area is 132 Å². The van der Waals surface area contributed by atoms with E-state index in [0.29, 0.717) is 37.0 Å². The van der Waals surface area contributed by atoms with Crippen molar-refractivity contribution in [1.29, 1.82) is 0 Å². The number of carbonyl (C=O) groups excluding carboxylic acids is 1. The third kappa shape index (κ3) is 3.13. The van der Waals surface area contributed by atoms with Gasteiger partial charge in [-0.25, -0.2) is 4.52 Å². The zero-order valence-electron chi connectivity index (χ0n) is 12.7. The Hall–Kier alpha value is -2.95. The van der Waals surface area contributed by atoms with Gasteiger partial charge in [-0.1, -0.05) is 0 Å². The summed E-state index contributed by atoms with van der Waals surface area (Å²) in [6.07, 6.45) is 8.80. The van der Waals surface area contributed by atoms with Crippen molar-refractivity contribution in [3.05, 3.63) is 34.0 Å². The number of rotatable bonds is 6. The predicted molar refractivity (Wildman–Crippen MR) is 83.2 cm³/mol. The Morgan fingerprint density at radius 1 is 1.48 bits per heavy atom. The molecule has 118 valence electrons. The molecule has 1 aliphatic rings. The molecule has 0 unspecified atom stereocenters. The summed E-state index contributed by atoms with van der Waals surface area (Å²) in [6.45, 7) is 2.17. The van der Waals surface area contributed by atoms with E-state index >= 15 is 0 Å². The number of hydrogen-bond acceptors (Lipinski definition) is 5. The van der Waals surface area contributed by atoms with E-state index in [-0.39, 0.29) is 17.2 Å². The van der Waals surface area contributed by atoms with E-state index in [1.807, 2.05) is 0 Å². The maximum Gasteiger partial charge on any atom is 0.274 e. The SMILES string of the molecule is C#CCCC1(CCNC(=O)c2cc3c(=O)[nH]c(C)cn3n2)N=N1. The molecule has 23 heavy (non-hydrogen) atoms. The number of hydrogen-bond donors (Lipinski definition) is 2. The van der Waals surface area contributed by atoms with Crippen LogP contribution in [0.15, 0.2) is 27.3 Å². The number of nitrogens with one attached hydrogen (secondary N) is 2. The summed E-state index contributed by atoms with van der Waals surface area (Å²) >= 11 is 0. The summed E-state index contributed by atoms with van der Waals surface area (Å²) < 4.78 is 1.41. The Balaban J connectivity index is 1.62. The fraction of sp³-hybridized carbons (Fsp3) is 0.400. The molecule has 1 amide bonds. The predicted octanol–water partition coefficient (Wildman–Crippen LogP) is 1.03. The highest BCUT2D eigenvalue weighted by molar-refractivity contribution is 5.93. The van der Waals surface area contributed by atoms with E-state index in [4.69, 9.17) is 6.42 Å². The highest BCUT2D eigenvalue weighted by atomic mass is 16.2. The number of aromatic nitrogens is 3. The van der Waals surface area contributed by atoms with Gasteiger partial charge in [0, 0.05) is 43.8 Å². The number of aromatic amines is 1. The van der Waals surface area contributed by atoms with Gasteiger partial charge in [-0.15, -0.1) is 12.3 Å². The lowest BCUT2D eigenvalue weighted by Gasteiger charge is -2.08. The summed E-state index contributed by atoms with van der Waals surface area (Å²) in [5.74, 6) is 2.23. The van der Waals surface area contributed by atoms with Crippen LogP contribution in [0.25, 0.3) is 5.52 Å². The van der Waals surface area contributed by atoms with Gasteiger partial charge in [-0.2, -0.15) is 15.3 Å². The second-order valence-corrected chi connectivity index (χ2v) is 5.52. The maximum atomic E-state index is 12.1. The lowest BCUT2D eigenvalue weighted by atomic mass is 10.0. The number of amides is 1. The third-order valence-electron chi connectivity index (χ3n) is 3.69. The Morgan fingerprint density at radius 2 is 2.26 bits per heavy atom. The van der Waals surface area contributed by atoms with Crippen molar-refractivity contribution in [2.75, 3.05) is 6.54 Å². The average Bonchev–Trinajstić information content (AvgIpc) is 3.14. The van der Waals surface area contributed by atoms with Gasteiger partial charge in [0.05, 0.1) is 0 Å². The molecule has 0 fully saturated rings. The van der Waals surface area contributed by atoms with Crippen molar-refractivity contribution >= 4 is 11.4 Å². The standard InChI is InChI=1S/C15H16N6O2/c1-3-4-5-15(19-20-15)6-7-16-13(22)11-8-12-14(23)17-10(2)9-21(12)18-11/h1,8-9H,4-7H2,2H3,(H,16,22)(H,17,23). The summed E-state index contributed by atoms with van der Waals surface area (Å²) in [4.78, 5) is 26.6. The molecule has 3 heterocycles. The number of nitrogens with zero attached hydrogens (tertiary/aromatic N) is 4. The molecule has 0 spiro atoms. The first-order chi connectivity index (χ1) is 11.0. The first-order valence-electron chi connectivity index (χ1n) is 7.28. The molecule has 2 N–H and O–H groups in total. The largest absolute Gasteiger partial charge is 0.350 e. The highest BCUT2D eigenvalue weighted by Gasteiger charge is 2.38. The number of fused-ring (bicyclic) bond motifs is 1. The molecule has 0 aliphatic carbocycles. The maximum absolute atomic E-state index is 12.1. The van der Waals surface area contributed by atoms with Crippen LogP contribution in [0, 0.1) is 19.3 Å². The van der Waals surface area contributed by atoms with E-state index < -0.39 is 5.66 Å². The van der Waals surface area contributed by atoms with E-state index in [0.717, 1.165) is 0 Å². The van der Waals surface area contributed by atoms with E-state index in [1.165, 1.54) is 10.6 Å². The molecular weight excluding hydrogens is 296 g/mol. The molecule has 0 atom stereocenters. The summed E-state index contributed by atoms with van der Waals surface area (Å²) in [7, 11) is 0. The third-order valence-corrected chi connectivity index (χ3v) is 3.69. The van der Waals surface area contributed by atoms with Gasteiger partial charge in [0.25, 0.3) is 11.5 Å². The number of terminal acetylenes is 1. The quantitative estimate of drug-likeness (QED) is 0.778. The zero-order valence-corrected chi connectivity index (χ0v) is 12.7. The van der Waals surface area contributed by atoms with Crippen LogP contribution >= 0.6 is 0 Å². The Bertz CT molecular complexity index is 879. The lowest BCUT2D eigenvalue weighted by Crippen LogP contribution is -2.28. The number of carbonyl (C=O) groups is 1. The van der Waals surface area contributed by atoms with Crippen molar-refractivity contribution in [1.82, 2.24) is 19.9 Å². The number of H-pyrrole nitrogens is 1. The second kappa shape index (κ2) is 5.68. The van der Waals surface area contributed by atoms with Crippen LogP contribution in [0.5, 0.6) is 0 Å². The summed E-state index contributed by atoms with van der Waals surface area (Å²) in [5, 5.41) is 14.9. The van der Waals surface area contributed by atoms with Gasteiger partial charge in [-0.3, -0.25) is 9.59 Å². The summed E-state index contributed by atoms with van der Waals surface area (Å²) in [5.41, 5.74) is 0.500. The van der Waals surface area contributed by atoms with Gasteiger partial charge < -0.3 is 10.3 Å². The fourth-order valence-corrected chi connectivity index (χ4v) is 2.37. The number of aryl methyl sites for hydroxylation is 1. The van der Waals surface area contributed by atoms with Gasteiger partial charge in [0.2, 0.25) is 0 Å². The van der Waals surface area contributed by atoms with Crippen molar-refractivity contribution in [2.45, 2.75) is 31.8 Å². The minimum atomic E-state index is -0.424. The monoisotopic (exact) mass is 312 g/mol. The zero-order chi connectivity index (χ0) is 16.4. The molecule has 0 saturated heterocycles. The molecule has 0 bridgehead atoms. The lowest BCUT2D eigenvalue weighted by molar-refractivity contribution is 0.0946. The molecule has 2 aromatic heterocycles. The molecule has 8 heteroatoms.